The first-order valence-electron chi connectivity index (χ1n) is 15.3. The van der Waals surface area contributed by atoms with Gasteiger partial charge in [-0.2, -0.15) is 0 Å². The standard InChI is InChI=1S/C25H49O19P3/c1-3-5-7-9-11-13-18(26)39-15-17(41-19(27)14-12-10-8-6-4-2)16-40-47(37,38)44-23-20(28)21(29)24(42-45(31,32)33)25(22(23)30)43-46(34,35)36/h17,20-25,28-30H,3-16H2,1-2H3,(H,37,38)(H2,31,32,33)(H2,34,35,36)/t17-,20-,21-,22+,23+,24+,25+/m1/s1. The Morgan fingerprint density at radius 1 is 0.596 bits per heavy atom. The van der Waals surface area contributed by atoms with E-state index in [-0.39, 0.29) is 12.8 Å². The highest BCUT2D eigenvalue weighted by atomic mass is 31.2. The number of carbonyl (C=O) groups excluding carboxylic acids is 2. The first kappa shape index (κ1) is 44.2. The van der Waals surface area contributed by atoms with Gasteiger partial charge in [0.1, 0.15) is 43.2 Å². The van der Waals surface area contributed by atoms with Gasteiger partial charge in [-0.05, 0) is 12.8 Å². The molecule has 0 radical (unpaired) electrons. The van der Waals surface area contributed by atoms with E-state index in [1.54, 1.807) is 0 Å². The molecule has 1 aliphatic carbocycles. The molecule has 1 unspecified atom stereocenters. The molecular weight excluding hydrogens is 697 g/mol. The van der Waals surface area contributed by atoms with Crippen molar-refractivity contribution < 1.29 is 90.6 Å². The molecule has 278 valence electrons. The fraction of sp³-hybridized carbons (Fsp3) is 0.920. The van der Waals surface area contributed by atoms with E-state index >= 15 is 0 Å². The molecule has 0 bridgehead atoms. The van der Waals surface area contributed by atoms with Gasteiger partial charge in [0.05, 0.1) is 6.61 Å². The third-order valence-electron chi connectivity index (χ3n) is 6.91. The normalized spacial score (nSPS) is 25.6. The van der Waals surface area contributed by atoms with Crippen LogP contribution in [0, 0.1) is 0 Å². The summed E-state index contributed by atoms with van der Waals surface area (Å²) < 4.78 is 64.2. The molecule has 0 aromatic carbocycles. The summed E-state index contributed by atoms with van der Waals surface area (Å²) in [5.74, 6) is -1.33. The Labute approximate surface area is 272 Å². The highest BCUT2D eigenvalue weighted by Gasteiger charge is 2.56. The van der Waals surface area contributed by atoms with Crippen LogP contribution in [0.2, 0.25) is 0 Å². The van der Waals surface area contributed by atoms with Gasteiger partial charge in [-0.15, -0.1) is 0 Å². The molecule has 8 N–H and O–H groups in total. The van der Waals surface area contributed by atoms with Gasteiger partial charge >= 0.3 is 35.4 Å². The molecule has 0 heterocycles. The van der Waals surface area contributed by atoms with Gasteiger partial charge in [0.15, 0.2) is 6.10 Å². The van der Waals surface area contributed by atoms with Crippen LogP contribution in [0.5, 0.6) is 0 Å². The lowest BCUT2D eigenvalue weighted by Gasteiger charge is -2.44. The van der Waals surface area contributed by atoms with Crippen LogP contribution in [-0.2, 0) is 50.9 Å². The number of carbonyl (C=O) groups is 2. The minimum absolute atomic E-state index is 0.00394. The second kappa shape index (κ2) is 21.4. The Hall–Kier alpha value is -0.850. The quantitative estimate of drug-likeness (QED) is 0.0396. The lowest BCUT2D eigenvalue weighted by atomic mass is 9.85. The summed E-state index contributed by atoms with van der Waals surface area (Å²) in [5.41, 5.74) is 0. The summed E-state index contributed by atoms with van der Waals surface area (Å²) in [6, 6.07) is 0. The van der Waals surface area contributed by atoms with E-state index in [0.29, 0.717) is 12.8 Å². The zero-order valence-corrected chi connectivity index (χ0v) is 29.0. The average Bonchev–Trinajstić information content (AvgIpc) is 2.96. The maximum atomic E-state index is 12.8. The van der Waals surface area contributed by atoms with Crippen molar-refractivity contribution in [3.63, 3.8) is 0 Å². The van der Waals surface area contributed by atoms with Crippen molar-refractivity contribution in [2.45, 2.75) is 134 Å². The Bertz CT molecular complexity index is 1080. The summed E-state index contributed by atoms with van der Waals surface area (Å²) in [6.45, 7) is 2.59. The fourth-order valence-corrected chi connectivity index (χ4v) is 6.68. The van der Waals surface area contributed by atoms with E-state index in [2.05, 4.69) is 9.05 Å². The fourth-order valence-electron chi connectivity index (χ4n) is 4.58. The molecule has 0 aromatic rings. The van der Waals surface area contributed by atoms with Crippen LogP contribution < -0.4 is 0 Å². The number of hydrogen-bond donors (Lipinski definition) is 8. The average molecular weight is 747 g/mol. The van der Waals surface area contributed by atoms with Crippen molar-refractivity contribution in [3.05, 3.63) is 0 Å². The van der Waals surface area contributed by atoms with Gasteiger partial charge in [0.2, 0.25) is 0 Å². The number of ether oxygens (including phenoxy) is 2. The molecule has 22 heteroatoms. The highest BCUT2D eigenvalue weighted by molar-refractivity contribution is 7.47. The third kappa shape index (κ3) is 18.6. The number of aliphatic hydroxyl groups is 3. The van der Waals surface area contributed by atoms with E-state index in [4.69, 9.17) is 28.3 Å². The van der Waals surface area contributed by atoms with Crippen LogP contribution >= 0.6 is 23.5 Å². The lowest BCUT2D eigenvalue weighted by Crippen LogP contribution is -2.65. The van der Waals surface area contributed by atoms with Crippen molar-refractivity contribution in [2.75, 3.05) is 13.2 Å². The molecule has 1 fully saturated rings. The molecule has 0 aliphatic heterocycles. The highest BCUT2D eigenvalue weighted by Crippen LogP contribution is 2.51. The first-order chi connectivity index (χ1) is 21.8. The van der Waals surface area contributed by atoms with Gasteiger partial charge in [-0.25, -0.2) is 13.7 Å². The van der Waals surface area contributed by atoms with Crippen LogP contribution in [0.1, 0.15) is 90.9 Å². The van der Waals surface area contributed by atoms with Gasteiger partial charge in [0.25, 0.3) is 0 Å². The summed E-state index contributed by atoms with van der Waals surface area (Å²) in [5, 5.41) is 31.4. The van der Waals surface area contributed by atoms with Crippen molar-refractivity contribution in [3.8, 4) is 0 Å². The molecule has 1 saturated carbocycles. The van der Waals surface area contributed by atoms with E-state index in [1.807, 2.05) is 13.8 Å². The molecule has 8 atom stereocenters. The van der Waals surface area contributed by atoms with E-state index < -0.39 is 91.3 Å². The largest absolute Gasteiger partial charge is 0.472 e. The molecule has 0 aromatic heterocycles. The predicted molar refractivity (Wildman–Crippen MR) is 160 cm³/mol. The number of phosphoric acid groups is 3. The molecular formula is C25H49O19P3. The summed E-state index contributed by atoms with van der Waals surface area (Å²) in [6.07, 6.45) is -7.79. The number of rotatable bonds is 24. The molecule has 0 spiro atoms. The topological polar surface area (TPSA) is 303 Å². The maximum absolute atomic E-state index is 12.8. The summed E-state index contributed by atoms with van der Waals surface area (Å²) in [7, 11) is -16.5. The zero-order valence-electron chi connectivity index (χ0n) is 26.4. The van der Waals surface area contributed by atoms with Crippen molar-refractivity contribution in [1.29, 1.82) is 0 Å². The number of esters is 2. The second-order valence-corrected chi connectivity index (χ2v) is 14.8. The zero-order chi connectivity index (χ0) is 35.8. The predicted octanol–water partition coefficient (Wildman–Crippen LogP) is 1.72. The number of unbranched alkanes of at least 4 members (excludes halogenated alkanes) is 8. The van der Waals surface area contributed by atoms with Crippen molar-refractivity contribution in [1.82, 2.24) is 0 Å². The number of aliphatic hydroxyl groups excluding tert-OH is 3. The molecule has 1 aliphatic rings. The van der Waals surface area contributed by atoms with Crippen LogP contribution in [-0.4, -0.2) is 108 Å². The van der Waals surface area contributed by atoms with Gasteiger partial charge in [-0.3, -0.25) is 27.7 Å². The Balaban J connectivity index is 2.98. The molecule has 19 nitrogen and oxygen atoms in total. The Kier molecular flexibility index (Phi) is 20.1. The van der Waals surface area contributed by atoms with E-state index in [0.717, 1.165) is 51.4 Å². The van der Waals surface area contributed by atoms with Crippen LogP contribution in [0.15, 0.2) is 0 Å². The molecule has 1 rings (SSSR count). The van der Waals surface area contributed by atoms with Gasteiger partial charge < -0.3 is 49.3 Å². The Morgan fingerprint density at radius 2 is 1.04 bits per heavy atom. The number of phosphoric ester groups is 3. The monoisotopic (exact) mass is 746 g/mol. The maximum Gasteiger partial charge on any atom is 0.472 e. The minimum Gasteiger partial charge on any atom is -0.462 e. The van der Waals surface area contributed by atoms with Crippen LogP contribution in [0.3, 0.4) is 0 Å². The first-order valence-corrected chi connectivity index (χ1v) is 19.9. The lowest BCUT2D eigenvalue weighted by molar-refractivity contribution is -0.213. The Morgan fingerprint density at radius 3 is 1.53 bits per heavy atom. The third-order valence-corrected chi connectivity index (χ3v) is 8.94. The van der Waals surface area contributed by atoms with E-state index in [1.165, 1.54) is 0 Å². The smallest absolute Gasteiger partial charge is 0.462 e. The molecule has 0 amide bonds. The van der Waals surface area contributed by atoms with Crippen molar-refractivity contribution >= 4 is 35.4 Å². The SMILES string of the molecule is CCCCCCCC(=O)OC[C@H](COP(=O)(O)O[C@H]1[C@H](O)[C@@H](O)[C@H](OP(=O)(O)O)[C@@H](OP(=O)(O)O)[C@H]1O)OC(=O)CCCCCCC. The van der Waals surface area contributed by atoms with Gasteiger partial charge in [-0.1, -0.05) is 65.2 Å². The molecule has 47 heavy (non-hydrogen) atoms. The van der Waals surface area contributed by atoms with Crippen molar-refractivity contribution in [2.24, 2.45) is 0 Å². The van der Waals surface area contributed by atoms with E-state index in [9.17, 15) is 53.3 Å². The molecule has 0 saturated heterocycles. The minimum atomic E-state index is -5.57. The van der Waals surface area contributed by atoms with Crippen LogP contribution in [0.25, 0.3) is 0 Å². The van der Waals surface area contributed by atoms with Crippen LogP contribution in [0.4, 0.5) is 0 Å². The van der Waals surface area contributed by atoms with Gasteiger partial charge in [0, 0.05) is 12.8 Å². The number of hydrogen-bond acceptors (Lipinski definition) is 14. The summed E-state index contributed by atoms with van der Waals surface area (Å²) in [4.78, 5) is 71.6. The summed E-state index contributed by atoms with van der Waals surface area (Å²) >= 11 is 0. The second-order valence-electron chi connectivity index (χ2n) is 11.1.